The molecule has 1 unspecified atom stereocenters. The number of hydrogen-bond acceptors (Lipinski definition) is 4. The van der Waals surface area contributed by atoms with E-state index in [0.717, 1.165) is 32.1 Å². The standard InChI is InChI=1S/C9H21NO7P2/c1-10(8-5-3-2-4-6-8)7-9(18(11,12)13)17-19(14,15)16/h8-9H,2-7H2,1H3,(H2,11,12,13)(H2,14,15,16). The molecule has 0 radical (unpaired) electrons. The maximum atomic E-state index is 11.2. The highest BCUT2D eigenvalue weighted by Gasteiger charge is 2.37. The Kier molecular flexibility index (Phi) is 6.17. The van der Waals surface area contributed by atoms with Gasteiger partial charge in [0, 0.05) is 12.6 Å². The van der Waals surface area contributed by atoms with Crippen LogP contribution in [0, 0.1) is 0 Å². The lowest BCUT2D eigenvalue weighted by molar-refractivity contribution is 0.102. The van der Waals surface area contributed by atoms with E-state index in [0.29, 0.717) is 0 Å². The SMILES string of the molecule is CN(CC(OP(=O)(O)O)P(=O)(O)O)C1CCCCC1. The maximum absolute atomic E-state index is 11.2. The number of nitrogens with zero attached hydrogens (tertiary/aromatic N) is 1. The first-order chi connectivity index (χ1) is 8.59. The summed E-state index contributed by atoms with van der Waals surface area (Å²) in [5.41, 5.74) is 0. The van der Waals surface area contributed by atoms with E-state index in [1.54, 1.807) is 11.9 Å². The molecule has 0 aromatic rings. The van der Waals surface area contributed by atoms with Crippen LogP contribution in [-0.4, -0.2) is 50.0 Å². The molecule has 0 amide bonds. The van der Waals surface area contributed by atoms with Gasteiger partial charge in [0.15, 0.2) is 5.85 Å². The number of likely N-dealkylation sites (N-methyl/N-ethyl adjacent to an activating group) is 1. The lowest BCUT2D eigenvalue weighted by Gasteiger charge is -2.33. The van der Waals surface area contributed by atoms with Crippen LogP contribution in [0.25, 0.3) is 0 Å². The number of rotatable bonds is 6. The van der Waals surface area contributed by atoms with E-state index in [1.165, 1.54) is 0 Å². The van der Waals surface area contributed by atoms with Gasteiger partial charge in [-0.3, -0.25) is 9.09 Å². The Hall–Kier alpha value is 0.220. The maximum Gasteiger partial charge on any atom is 0.470 e. The van der Waals surface area contributed by atoms with Crippen LogP contribution in [0.1, 0.15) is 32.1 Å². The van der Waals surface area contributed by atoms with Crippen LogP contribution in [0.4, 0.5) is 0 Å². The van der Waals surface area contributed by atoms with E-state index in [2.05, 4.69) is 4.52 Å². The van der Waals surface area contributed by atoms with Gasteiger partial charge in [-0.1, -0.05) is 19.3 Å². The van der Waals surface area contributed by atoms with Crippen molar-refractivity contribution >= 4 is 15.4 Å². The monoisotopic (exact) mass is 317 g/mol. The van der Waals surface area contributed by atoms with E-state index in [-0.39, 0.29) is 12.6 Å². The van der Waals surface area contributed by atoms with E-state index >= 15 is 0 Å². The fourth-order valence-corrected chi connectivity index (χ4v) is 3.99. The third-order valence-electron chi connectivity index (χ3n) is 3.28. The normalized spacial score (nSPS) is 20.7. The zero-order valence-electron chi connectivity index (χ0n) is 10.8. The van der Waals surface area contributed by atoms with Crippen molar-refractivity contribution in [1.29, 1.82) is 0 Å². The van der Waals surface area contributed by atoms with Crippen molar-refractivity contribution < 1.29 is 33.2 Å². The van der Waals surface area contributed by atoms with Gasteiger partial charge in [-0.2, -0.15) is 0 Å². The van der Waals surface area contributed by atoms with Gasteiger partial charge in [-0.15, -0.1) is 0 Å². The number of phosphoric acid groups is 1. The number of hydrogen-bond donors (Lipinski definition) is 4. The molecule has 1 atom stereocenters. The second-order valence-corrected chi connectivity index (χ2v) is 7.82. The fraction of sp³-hybridized carbons (Fsp3) is 1.00. The first-order valence-corrected chi connectivity index (χ1v) is 9.30. The molecule has 0 heterocycles. The lowest BCUT2D eigenvalue weighted by atomic mass is 9.94. The van der Waals surface area contributed by atoms with E-state index < -0.39 is 21.3 Å². The third-order valence-corrected chi connectivity index (χ3v) is 4.99. The Morgan fingerprint density at radius 3 is 2.11 bits per heavy atom. The molecule has 4 N–H and O–H groups in total. The second-order valence-electron chi connectivity index (χ2n) is 4.87. The minimum Gasteiger partial charge on any atom is -0.323 e. The highest BCUT2D eigenvalue weighted by Crippen LogP contribution is 2.50. The zero-order chi connectivity index (χ0) is 14.7. The van der Waals surface area contributed by atoms with Gasteiger partial charge in [-0.05, 0) is 19.9 Å². The van der Waals surface area contributed by atoms with Crippen molar-refractivity contribution in [2.75, 3.05) is 13.6 Å². The van der Waals surface area contributed by atoms with Crippen LogP contribution in [0.5, 0.6) is 0 Å². The Bertz CT molecular complexity index is 373. The van der Waals surface area contributed by atoms with Crippen molar-refractivity contribution in [3.8, 4) is 0 Å². The summed E-state index contributed by atoms with van der Waals surface area (Å²) < 4.78 is 26.2. The molecule has 1 rings (SSSR count). The molecule has 114 valence electrons. The summed E-state index contributed by atoms with van der Waals surface area (Å²) >= 11 is 0. The second kappa shape index (κ2) is 6.78. The summed E-state index contributed by atoms with van der Waals surface area (Å²) in [5.74, 6) is -1.81. The zero-order valence-corrected chi connectivity index (χ0v) is 12.5. The molecule has 8 nitrogen and oxygen atoms in total. The van der Waals surface area contributed by atoms with Crippen molar-refractivity contribution in [3.63, 3.8) is 0 Å². The molecule has 1 aliphatic carbocycles. The smallest absolute Gasteiger partial charge is 0.323 e. The molecule has 0 aliphatic heterocycles. The van der Waals surface area contributed by atoms with Crippen LogP contribution in [0.2, 0.25) is 0 Å². The summed E-state index contributed by atoms with van der Waals surface area (Å²) in [6, 6.07) is 0.170. The van der Waals surface area contributed by atoms with Gasteiger partial charge in [0.2, 0.25) is 0 Å². The van der Waals surface area contributed by atoms with Gasteiger partial charge in [0.05, 0.1) is 0 Å². The highest BCUT2D eigenvalue weighted by molar-refractivity contribution is 7.53. The van der Waals surface area contributed by atoms with E-state index in [9.17, 15) is 9.13 Å². The Morgan fingerprint density at radius 2 is 1.68 bits per heavy atom. The average molecular weight is 317 g/mol. The molecule has 0 aromatic heterocycles. The van der Waals surface area contributed by atoms with Crippen LogP contribution >= 0.6 is 15.4 Å². The van der Waals surface area contributed by atoms with Gasteiger partial charge < -0.3 is 24.5 Å². The largest absolute Gasteiger partial charge is 0.470 e. The topological polar surface area (TPSA) is 128 Å². The molecule has 1 aliphatic rings. The Labute approximate surface area is 112 Å². The van der Waals surface area contributed by atoms with Crippen LogP contribution in [-0.2, 0) is 13.7 Å². The first kappa shape index (κ1) is 17.3. The molecular weight excluding hydrogens is 296 g/mol. The molecular formula is C9H21NO7P2. The van der Waals surface area contributed by atoms with Crippen LogP contribution in [0.15, 0.2) is 0 Å². The predicted octanol–water partition coefficient (Wildman–Crippen LogP) is 0.864. The van der Waals surface area contributed by atoms with Crippen molar-refractivity contribution in [2.45, 2.75) is 44.0 Å². The third kappa shape index (κ3) is 6.47. The minimum absolute atomic E-state index is 0.170. The Morgan fingerprint density at radius 1 is 1.16 bits per heavy atom. The quantitative estimate of drug-likeness (QED) is 0.531. The summed E-state index contributed by atoms with van der Waals surface area (Å²) in [7, 11) is -7.98. The minimum atomic E-state index is -4.93. The van der Waals surface area contributed by atoms with Crippen LogP contribution in [0.3, 0.4) is 0 Å². The summed E-state index contributed by atoms with van der Waals surface area (Å²) in [6.07, 6.45) is 5.08. The fourth-order valence-electron chi connectivity index (χ4n) is 2.28. The van der Waals surface area contributed by atoms with E-state index in [4.69, 9.17) is 19.6 Å². The molecule has 0 saturated heterocycles. The van der Waals surface area contributed by atoms with Crippen molar-refractivity contribution in [3.05, 3.63) is 0 Å². The van der Waals surface area contributed by atoms with E-state index in [1.807, 2.05) is 0 Å². The molecule has 19 heavy (non-hydrogen) atoms. The average Bonchev–Trinajstić information content (AvgIpc) is 2.26. The Balaban J connectivity index is 2.66. The molecule has 0 aromatic carbocycles. The lowest BCUT2D eigenvalue weighted by Crippen LogP contribution is -2.39. The van der Waals surface area contributed by atoms with Crippen LogP contribution < -0.4 is 0 Å². The highest BCUT2D eigenvalue weighted by atomic mass is 31.2. The summed E-state index contributed by atoms with van der Waals surface area (Å²) in [5, 5.41) is 0. The first-order valence-electron chi connectivity index (χ1n) is 6.09. The predicted molar refractivity (Wildman–Crippen MR) is 68.5 cm³/mol. The molecule has 0 spiro atoms. The van der Waals surface area contributed by atoms with Crippen molar-refractivity contribution in [2.24, 2.45) is 0 Å². The molecule has 1 fully saturated rings. The molecule has 10 heteroatoms. The van der Waals surface area contributed by atoms with Gasteiger partial charge >= 0.3 is 15.4 Å². The summed E-state index contributed by atoms with van der Waals surface area (Å²) in [4.78, 5) is 37.3. The molecule has 0 bridgehead atoms. The van der Waals surface area contributed by atoms with Gasteiger partial charge in [0.1, 0.15) is 0 Å². The number of phosphoric ester groups is 1. The van der Waals surface area contributed by atoms with Crippen molar-refractivity contribution in [1.82, 2.24) is 4.90 Å². The van der Waals surface area contributed by atoms with Gasteiger partial charge in [0.25, 0.3) is 0 Å². The molecule has 1 saturated carbocycles. The summed E-state index contributed by atoms with van der Waals surface area (Å²) in [6.45, 7) is -0.208. The van der Waals surface area contributed by atoms with Gasteiger partial charge in [-0.25, -0.2) is 4.57 Å².